The molecule has 5 atom stereocenters. The summed E-state index contributed by atoms with van der Waals surface area (Å²) in [7, 11) is 0. The monoisotopic (exact) mass is 613 g/mol. The zero-order chi connectivity index (χ0) is 31.7. The van der Waals surface area contributed by atoms with Crippen LogP contribution in [0, 0.1) is 0 Å². The third-order valence-corrected chi connectivity index (χ3v) is 7.31. The largest absolute Gasteiger partial charge is 0.394 e. The highest BCUT2D eigenvalue weighted by Crippen LogP contribution is 2.21. The topological polar surface area (TPSA) is 106 Å². The number of carbonyl (C=O) groups excluding carboxylic acids is 1. The maximum Gasteiger partial charge on any atom is 0.217 e. The van der Waals surface area contributed by atoms with Crippen molar-refractivity contribution in [2.24, 2.45) is 0 Å². The Hall–Kier alpha value is -3.89. The van der Waals surface area contributed by atoms with Crippen LogP contribution in [0.15, 0.2) is 121 Å². The Kier molecular flexibility index (Phi) is 14.2. The predicted molar refractivity (Wildman–Crippen MR) is 172 cm³/mol. The molecule has 0 heterocycles. The van der Waals surface area contributed by atoms with E-state index < -0.39 is 37.1 Å². The average Bonchev–Trinajstić information content (AvgIpc) is 3.08. The van der Waals surface area contributed by atoms with Gasteiger partial charge in [-0.3, -0.25) is 4.79 Å². The van der Waals surface area contributed by atoms with Gasteiger partial charge < -0.3 is 34.5 Å². The lowest BCUT2D eigenvalue weighted by Gasteiger charge is -2.37. The fraction of sp³-hybridized carbons (Fsp3) is 0.324. The molecular weight excluding hydrogens is 570 g/mol. The van der Waals surface area contributed by atoms with Gasteiger partial charge in [0.05, 0.1) is 45.7 Å². The van der Waals surface area contributed by atoms with E-state index in [-0.39, 0.29) is 32.3 Å². The van der Waals surface area contributed by atoms with Gasteiger partial charge in [-0.1, -0.05) is 121 Å². The summed E-state index contributed by atoms with van der Waals surface area (Å²) in [6.45, 7) is 1.95. The summed E-state index contributed by atoms with van der Waals surface area (Å²) < 4.78 is 25.0. The lowest BCUT2D eigenvalue weighted by atomic mass is 9.96. The first-order valence-corrected chi connectivity index (χ1v) is 15.2. The molecule has 3 N–H and O–H groups in total. The summed E-state index contributed by atoms with van der Waals surface area (Å²) >= 11 is 0. The van der Waals surface area contributed by atoms with Crippen molar-refractivity contribution in [3.63, 3.8) is 0 Å². The first kappa shape index (κ1) is 34.0. The molecule has 1 unspecified atom stereocenters. The fourth-order valence-electron chi connectivity index (χ4n) is 4.96. The molecule has 4 aromatic carbocycles. The molecule has 0 spiro atoms. The molecule has 0 saturated carbocycles. The van der Waals surface area contributed by atoms with Crippen LogP contribution in [0.25, 0.3) is 0 Å². The molecule has 45 heavy (non-hydrogen) atoms. The molecule has 8 nitrogen and oxygen atoms in total. The van der Waals surface area contributed by atoms with Crippen molar-refractivity contribution in [1.29, 1.82) is 0 Å². The number of hydrogen-bond acceptors (Lipinski definition) is 7. The molecule has 0 aliphatic heterocycles. The summed E-state index contributed by atoms with van der Waals surface area (Å²) in [6.07, 6.45) is -4.01. The van der Waals surface area contributed by atoms with Crippen LogP contribution in [0.2, 0.25) is 0 Å². The Balaban J connectivity index is 1.60. The smallest absolute Gasteiger partial charge is 0.217 e. The zero-order valence-corrected chi connectivity index (χ0v) is 25.6. The van der Waals surface area contributed by atoms with Gasteiger partial charge in [0.25, 0.3) is 0 Å². The Labute approximate surface area is 265 Å². The second-order valence-electron chi connectivity index (χ2n) is 10.8. The molecule has 0 aromatic heterocycles. The SMILES string of the molecule is CC(=O)N[C@@H](C(O)[C@H](OCc1ccccc1)[C@@H](COCc1ccccc1)OCc1ccccc1)[C@H](CO)OCc1ccccc1. The van der Waals surface area contributed by atoms with Crippen LogP contribution >= 0.6 is 0 Å². The standard InChI is InChI=1S/C37H43NO7/c1-28(40)38-35(33(22-39)43-24-30-16-8-3-9-17-30)36(41)37(45-26-32-20-12-5-13-21-32)34(44-25-31-18-10-4-11-19-31)27-42-23-29-14-6-2-7-15-29/h2-21,33-37,39,41H,22-27H2,1H3,(H,38,40)/t33-,34+,35+,36?,37+/m0/s1. The van der Waals surface area contributed by atoms with Gasteiger partial charge in [-0.15, -0.1) is 0 Å². The van der Waals surface area contributed by atoms with Crippen molar-refractivity contribution in [2.75, 3.05) is 13.2 Å². The van der Waals surface area contributed by atoms with E-state index in [1.54, 1.807) is 0 Å². The lowest BCUT2D eigenvalue weighted by molar-refractivity contribution is -0.171. The van der Waals surface area contributed by atoms with Gasteiger partial charge in [0.1, 0.15) is 24.4 Å². The summed E-state index contributed by atoms with van der Waals surface area (Å²) in [6, 6.07) is 37.6. The predicted octanol–water partition coefficient (Wildman–Crippen LogP) is 4.82. The van der Waals surface area contributed by atoms with Gasteiger partial charge in [0.15, 0.2) is 0 Å². The molecule has 8 heteroatoms. The first-order chi connectivity index (χ1) is 22.0. The van der Waals surface area contributed by atoms with Crippen molar-refractivity contribution < 1.29 is 34.0 Å². The van der Waals surface area contributed by atoms with Crippen LogP contribution in [-0.4, -0.2) is 59.8 Å². The minimum absolute atomic E-state index is 0.0969. The molecule has 0 saturated heterocycles. The van der Waals surface area contributed by atoms with E-state index in [4.69, 9.17) is 18.9 Å². The van der Waals surface area contributed by atoms with E-state index in [2.05, 4.69) is 5.32 Å². The second-order valence-corrected chi connectivity index (χ2v) is 10.8. The van der Waals surface area contributed by atoms with Crippen molar-refractivity contribution in [2.45, 2.75) is 63.8 Å². The van der Waals surface area contributed by atoms with Crippen LogP contribution in [-0.2, 0) is 50.2 Å². The van der Waals surface area contributed by atoms with Crippen LogP contribution in [0.4, 0.5) is 0 Å². The number of nitrogens with one attached hydrogen (secondary N) is 1. The van der Waals surface area contributed by atoms with Gasteiger partial charge in [-0.2, -0.15) is 0 Å². The Morgan fingerprint density at radius 1 is 0.622 bits per heavy atom. The maximum absolute atomic E-state index is 12.4. The van der Waals surface area contributed by atoms with E-state index >= 15 is 0 Å². The molecule has 4 rings (SSSR count). The number of aliphatic hydroxyl groups excluding tert-OH is 2. The highest BCUT2D eigenvalue weighted by atomic mass is 16.6. The van der Waals surface area contributed by atoms with Gasteiger partial charge in [0.2, 0.25) is 5.91 Å². The minimum Gasteiger partial charge on any atom is -0.394 e. The number of aliphatic hydroxyl groups is 2. The van der Waals surface area contributed by atoms with E-state index in [0.29, 0.717) is 6.61 Å². The van der Waals surface area contributed by atoms with Gasteiger partial charge in [-0.25, -0.2) is 0 Å². The summed E-state index contributed by atoms with van der Waals surface area (Å²) in [5, 5.41) is 25.2. The number of amides is 1. The van der Waals surface area contributed by atoms with Gasteiger partial charge in [0, 0.05) is 6.92 Å². The number of benzene rings is 4. The minimum atomic E-state index is -1.34. The fourth-order valence-corrected chi connectivity index (χ4v) is 4.96. The Morgan fingerprint density at radius 2 is 1.02 bits per heavy atom. The molecule has 238 valence electrons. The number of ether oxygens (including phenoxy) is 4. The normalized spacial score (nSPS) is 14.6. The number of rotatable bonds is 19. The highest BCUT2D eigenvalue weighted by molar-refractivity contribution is 5.73. The van der Waals surface area contributed by atoms with E-state index in [1.807, 2.05) is 121 Å². The van der Waals surface area contributed by atoms with E-state index in [9.17, 15) is 15.0 Å². The van der Waals surface area contributed by atoms with Crippen molar-refractivity contribution in [3.8, 4) is 0 Å². The molecule has 0 aliphatic rings. The molecule has 0 fully saturated rings. The number of carbonyl (C=O) groups is 1. The van der Waals surface area contributed by atoms with Crippen molar-refractivity contribution in [1.82, 2.24) is 5.32 Å². The molecular formula is C37H43NO7. The lowest BCUT2D eigenvalue weighted by Crippen LogP contribution is -2.59. The Bertz CT molecular complexity index is 1360. The first-order valence-electron chi connectivity index (χ1n) is 15.2. The third kappa shape index (κ3) is 11.5. The summed E-state index contributed by atoms with van der Waals surface area (Å²) in [5.74, 6) is -0.385. The van der Waals surface area contributed by atoms with E-state index in [0.717, 1.165) is 22.3 Å². The summed E-state index contributed by atoms with van der Waals surface area (Å²) in [5.41, 5.74) is 3.73. The maximum atomic E-state index is 12.4. The molecule has 4 aromatic rings. The average molecular weight is 614 g/mol. The van der Waals surface area contributed by atoms with Crippen LogP contribution < -0.4 is 5.32 Å². The number of hydrogen-bond donors (Lipinski definition) is 3. The van der Waals surface area contributed by atoms with Crippen molar-refractivity contribution >= 4 is 5.91 Å². The molecule has 1 amide bonds. The second kappa shape index (κ2) is 18.8. The zero-order valence-electron chi connectivity index (χ0n) is 25.6. The molecule has 0 radical (unpaired) electrons. The van der Waals surface area contributed by atoms with Crippen molar-refractivity contribution in [3.05, 3.63) is 144 Å². The van der Waals surface area contributed by atoms with Gasteiger partial charge >= 0.3 is 0 Å². The quantitative estimate of drug-likeness (QED) is 0.139. The molecule has 0 aliphatic carbocycles. The van der Waals surface area contributed by atoms with E-state index in [1.165, 1.54) is 6.92 Å². The third-order valence-electron chi connectivity index (χ3n) is 7.31. The van der Waals surface area contributed by atoms with Crippen LogP contribution in [0.3, 0.4) is 0 Å². The van der Waals surface area contributed by atoms with Crippen LogP contribution in [0.5, 0.6) is 0 Å². The summed E-state index contributed by atoms with van der Waals surface area (Å²) in [4.78, 5) is 12.4. The van der Waals surface area contributed by atoms with Gasteiger partial charge in [-0.05, 0) is 22.3 Å². The molecule has 0 bridgehead atoms. The Morgan fingerprint density at radius 3 is 1.44 bits per heavy atom. The highest BCUT2D eigenvalue weighted by Gasteiger charge is 2.40. The van der Waals surface area contributed by atoms with Crippen LogP contribution in [0.1, 0.15) is 29.2 Å².